The Balaban J connectivity index is 1.60. The van der Waals surface area contributed by atoms with E-state index in [9.17, 15) is 33.9 Å². The standard InChI is InChI=1S/C27H36N6O7S/c1-17(2)13-18-6-8-19(9-7-18)31-27(41)30-15-22(35)28-14-21(34)29-16-23(36)32-20(26(39)40)5-3-4-12-33-24(37)10-11-25(33)38/h6-11,17,20H,3-5,12-16H2,1-2H3,(H,28,35)(H,29,34)(H,32,36)(H,39,40)(H2,30,31,41). The minimum Gasteiger partial charge on any atom is -0.480 e. The Morgan fingerprint density at radius 3 is 1.98 bits per heavy atom. The number of unbranched alkanes of at least 4 members (excludes halogenated alkanes) is 1. The van der Waals surface area contributed by atoms with Gasteiger partial charge in [0.15, 0.2) is 5.11 Å². The quantitative estimate of drug-likeness (QED) is 0.0877. The maximum atomic E-state index is 12.1. The van der Waals surface area contributed by atoms with Crippen LogP contribution in [0.15, 0.2) is 36.4 Å². The fourth-order valence-corrected chi connectivity index (χ4v) is 3.98. The van der Waals surface area contributed by atoms with Crippen molar-refractivity contribution < 1.29 is 33.9 Å². The van der Waals surface area contributed by atoms with Gasteiger partial charge in [-0.3, -0.25) is 28.9 Å². The predicted molar refractivity (Wildman–Crippen MR) is 155 cm³/mol. The highest BCUT2D eigenvalue weighted by Gasteiger charge is 2.24. The van der Waals surface area contributed by atoms with E-state index in [0.717, 1.165) is 17.0 Å². The number of hydrogen-bond donors (Lipinski definition) is 6. The molecule has 1 aliphatic heterocycles. The van der Waals surface area contributed by atoms with Crippen LogP contribution >= 0.6 is 12.2 Å². The molecule has 0 saturated carbocycles. The number of amides is 5. The van der Waals surface area contributed by atoms with E-state index in [-0.39, 0.29) is 24.6 Å². The third kappa shape index (κ3) is 12.6. The summed E-state index contributed by atoms with van der Waals surface area (Å²) >= 11 is 5.18. The Morgan fingerprint density at radius 2 is 1.41 bits per heavy atom. The van der Waals surface area contributed by atoms with Gasteiger partial charge in [0.1, 0.15) is 6.04 Å². The Kier molecular flexibility index (Phi) is 13.4. The topological polar surface area (TPSA) is 186 Å². The van der Waals surface area contributed by atoms with E-state index >= 15 is 0 Å². The Bertz CT molecular complexity index is 1150. The van der Waals surface area contributed by atoms with E-state index in [2.05, 4.69) is 40.4 Å². The molecule has 1 aliphatic rings. The number of carboxylic acid groups (broad SMARTS) is 1. The molecule has 41 heavy (non-hydrogen) atoms. The van der Waals surface area contributed by atoms with E-state index in [1.807, 2.05) is 24.3 Å². The second kappa shape index (κ2) is 16.7. The number of nitrogens with one attached hydrogen (secondary N) is 5. The van der Waals surface area contributed by atoms with Crippen LogP contribution in [0, 0.1) is 5.92 Å². The summed E-state index contributed by atoms with van der Waals surface area (Å²) in [6.45, 7) is 3.38. The number of thiocarbonyl (C=S) groups is 1. The zero-order chi connectivity index (χ0) is 30.4. The smallest absolute Gasteiger partial charge is 0.326 e. The number of hydrogen-bond acceptors (Lipinski definition) is 7. The van der Waals surface area contributed by atoms with Crippen molar-refractivity contribution in [2.75, 3.05) is 31.5 Å². The zero-order valence-corrected chi connectivity index (χ0v) is 23.8. The van der Waals surface area contributed by atoms with E-state index in [0.29, 0.717) is 18.8 Å². The van der Waals surface area contributed by atoms with Crippen molar-refractivity contribution in [2.45, 2.75) is 45.6 Å². The molecule has 5 amide bonds. The molecule has 14 heteroatoms. The highest BCUT2D eigenvalue weighted by atomic mass is 32.1. The molecule has 1 heterocycles. The van der Waals surface area contributed by atoms with Gasteiger partial charge in [-0.2, -0.15) is 0 Å². The van der Waals surface area contributed by atoms with Gasteiger partial charge in [0, 0.05) is 24.4 Å². The summed E-state index contributed by atoms with van der Waals surface area (Å²) in [6.07, 6.45) is 4.09. The Labute approximate surface area is 243 Å². The van der Waals surface area contributed by atoms with Crippen molar-refractivity contribution in [3.63, 3.8) is 0 Å². The summed E-state index contributed by atoms with van der Waals surface area (Å²) < 4.78 is 0. The molecule has 0 bridgehead atoms. The lowest BCUT2D eigenvalue weighted by atomic mass is 10.0. The molecule has 0 aliphatic carbocycles. The van der Waals surface area contributed by atoms with Crippen LogP contribution in [0.25, 0.3) is 0 Å². The molecule has 13 nitrogen and oxygen atoms in total. The molecule has 222 valence electrons. The van der Waals surface area contributed by atoms with Crippen LogP contribution in [0.3, 0.4) is 0 Å². The monoisotopic (exact) mass is 588 g/mol. The third-order valence-corrected chi connectivity index (χ3v) is 6.06. The van der Waals surface area contributed by atoms with Crippen molar-refractivity contribution in [1.29, 1.82) is 0 Å². The number of rotatable bonds is 16. The molecule has 0 spiro atoms. The van der Waals surface area contributed by atoms with Gasteiger partial charge >= 0.3 is 5.97 Å². The number of anilines is 1. The van der Waals surface area contributed by atoms with Gasteiger partial charge in [-0.25, -0.2) is 4.79 Å². The van der Waals surface area contributed by atoms with Crippen LogP contribution in [-0.2, 0) is 35.2 Å². The van der Waals surface area contributed by atoms with Crippen molar-refractivity contribution in [1.82, 2.24) is 26.2 Å². The molecule has 1 aromatic carbocycles. The van der Waals surface area contributed by atoms with Gasteiger partial charge < -0.3 is 31.7 Å². The molecule has 0 fully saturated rings. The van der Waals surface area contributed by atoms with Gasteiger partial charge in [-0.15, -0.1) is 0 Å². The van der Waals surface area contributed by atoms with Crippen molar-refractivity contribution in [3.05, 3.63) is 42.0 Å². The van der Waals surface area contributed by atoms with E-state index < -0.39 is 54.6 Å². The van der Waals surface area contributed by atoms with Crippen LogP contribution in [0.4, 0.5) is 5.69 Å². The first-order valence-corrected chi connectivity index (χ1v) is 13.6. The average Bonchev–Trinajstić information content (AvgIpc) is 3.24. The summed E-state index contributed by atoms with van der Waals surface area (Å²) in [5, 5.41) is 22.3. The first-order valence-electron chi connectivity index (χ1n) is 13.2. The third-order valence-electron chi connectivity index (χ3n) is 5.82. The van der Waals surface area contributed by atoms with Gasteiger partial charge in [-0.05, 0) is 61.5 Å². The van der Waals surface area contributed by atoms with Gasteiger partial charge in [-0.1, -0.05) is 26.0 Å². The highest BCUT2D eigenvalue weighted by molar-refractivity contribution is 7.80. The van der Waals surface area contributed by atoms with E-state index in [4.69, 9.17) is 12.2 Å². The lowest BCUT2D eigenvalue weighted by Gasteiger charge is -2.16. The fourth-order valence-electron chi connectivity index (χ4n) is 3.79. The number of imide groups is 1. The Hall–Kier alpha value is -4.33. The minimum absolute atomic E-state index is 0.0713. The molecule has 1 unspecified atom stereocenters. The summed E-state index contributed by atoms with van der Waals surface area (Å²) in [6, 6.07) is 6.58. The second-order valence-electron chi connectivity index (χ2n) is 9.77. The number of aliphatic carboxylic acids is 1. The number of carboxylic acids is 1. The lowest BCUT2D eigenvalue weighted by molar-refractivity contribution is -0.142. The first kappa shape index (κ1) is 32.9. The van der Waals surface area contributed by atoms with Crippen LogP contribution in [0.1, 0.15) is 38.7 Å². The summed E-state index contributed by atoms with van der Waals surface area (Å²) in [7, 11) is 0. The molecule has 6 N–H and O–H groups in total. The zero-order valence-electron chi connectivity index (χ0n) is 23.0. The van der Waals surface area contributed by atoms with Crippen molar-refractivity contribution in [3.8, 4) is 0 Å². The number of nitrogens with zero attached hydrogens (tertiary/aromatic N) is 1. The molecular weight excluding hydrogens is 552 g/mol. The minimum atomic E-state index is -1.25. The summed E-state index contributed by atoms with van der Waals surface area (Å²) in [4.78, 5) is 71.7. The van der Waals surface area contributed by atoms with Crippen LogP contribution < -0.4 is 26.6 Å². The van der Waals surface area contributed by atoms with Gasteiger partial charge in [0.2, 0.25) is 17.7 Å². The molecular formula is C27H36N6O7S. The number of benzene rings is 1. The number of carbonyl (C=O) groups is 6. The maximum Gasteiger partial charge on any atom is 0.326 e. The van der Waals surface area contributed by atoms with Crippen LogP contribution in [0.2, 0.25) is 0 Å². The largest absolute Gasteiger partial charge is 0.480 e. The maximum absolute atomic E-state index is 12.1. The highest BCUT2D eigenvalue weighted by Crippen LogP contribution is 2.13. The second-order valence-corrected chi connectivity index (χ2v) is 10.2. The fraction of sp³-hybridized carbons (Fsp3) is 0.444. The van der Waals surface area contributed by atoms with Gasteiger partial charge in [0.25, 0.3) is 11.8 Å². The van der Waals surface area contributed by atoms with Crippen LogP contribution in [-0.4, -0.2) is 82.8 Å². The molecule has 0 radical (unpaired) electrons. The molecule has 2 rings (SSSR count). The average molecular weight is 589 g/mol. The van der Waals surface area contributed by atoms with Crippen molar-refractivity contribution in [2.24, 2.45) is 5.92 Å². The number of carbonyl (C=O) groups excluding carboxylic acids is 5. The van der Waals surface area contributed by atoms with Crippen molar-refractivity contribution >= 4 is 58.5 Å². The SMILES string of the molecule is CC(C)Cc1ccc(NC(=S)NCC(=O)NCC(=O)NCC(=O)NC(CCCCN2C(=O)C=CC2=O)C(=O)O)cc1. The summed E-state index contributed by atoms with van der Waals surface area (Å²) in [5.41, 5.74) is 1.98. The lowest BCUT2D eigenvalue weighted by Crippen LogP contribution is -2.47. The van der Waals surface area contributed by atoms with Gasteiger partial charge in [0.05, 0.1) is 19.6 Å². The molecule has 0 saturated heterocycles. The van der Waals surface area contributed by atoms with E-state index in [1.54, 1.807) is 0 Å². The molecule has 1 aromatic rings. The first-order chi connectivity index (χ1) is 19.4. The normalized spacial score (nSPS) is 13.1. The predicted octanol–water partition coefficient (Wildman–Crippen LogP) is 0.0686. The molecule has 0 aromatic heterocycles. The Morgan fingerprint density at radius 1 is 0.854 bits per heavy atom. The van der Waals surface area contributed by atoms with E-state index in [1.165, 1.54) is 17.7 Å². The summed E-state index contributed by atoms with van der Waals surface area (Å²) in [5.74, 6) is -3.40. The molecule has 1 atom stereocenters. The van der Waals surface area contributed by atoms with Crippen LogP contribution in [0.5, 0.6) is 0 Å².